The number of piperidine rings is 1. The van der Waals surface area contributed by atoms with E-state index < -0.39 is 0 Å². The van der Waals surface area contributed by atoms with E-state index in [-0.39, 0.29) is 0 Å². The lowest BCUT2D eigenvalue weighted by atomic mass is 9.64. The lowest BCUT2D eigenvalue weighted by Gasteiger charge is -2.62. The summed E-state index contributed by atoms with van der Waals surface area (Å²) in [7, 11) is 0. The molecule has 0 bridgehead atoms. The lowest BCUT2D eigenvalue weighted by Crippen LogP contribution is -2.68. The van der Waals surface area contributed by atoms with Crippen LogP contribution in [-0.2, 0) is 0 Å². The third-order valence-electron chi connectivity index (χ3n) is 4.80. The first-order valence-electron chi connectivity index (χ1n) is 6.01. The van der Waals surface area contributed by atoms with Crippen LogP contribution < -0.4 is 0 Å². The van der Waals surface area contributed by atoms with Crippen LogP contribution in [0, 0.1) is 17.8 Å². The third-order valence-corrected chi connectivity index (χ3v) is 4.80. The Hall–Kier alpha value is -0.0400. The molecule has 0 N–H and O–H groups in total. The molecular formula is C12H21N. The van der Waals surface area contributed by atoms with Gasteiger partial charge in [-0.25, -0.2) is 0 Å². The van der Waals surface area contributed by atoms with Crippen LogP contribution >= 0.6 is 0 Å². The normalized spacial score (nSPS) is 54.5. The molecule has 3 fully saturated rings. The molecule has 3 atom stereocenters. The smallest absolute Gasteiger partial charge is 0.0141 e. The zero-order valence-electron chi connectivity index (χ0n) is 8.87. The number of likely N-dealkylation sites (tertiary alicyclic amines) is 1. The van der Waals surface area contributed by atoms with Crippen molar-refractivity contribution in [3.63, 3.8) is 0 Å². The van der Waals surface area contributed by atoms with Gasteiger partial charge in [0.25, 0.3) is 0 Å². The van der Waals surface area contributed by atoms with E-state index in [1.165, 1.54) is 32.2 Å². The molecule has 0 aromatic rings. The molecule has 0 aromatic carbocycles. The maximum absolute atomic E-state index is 2.78. The van der Waals surface area contributed by atoms with Gasteiger partial charge in [-0.3, -0.25) is 4.90 Å². The van der Waals surface area contributed by atoms with Gasteiger partial charge in [0.05, 0.1) is 0 Å². The number of rotatable bonds is 2. The van der Waals surface area contributed by atoms with Crippen molar-refractivity contribution in [2.24, 2.45) is 17.8 Å². The molecule has 1 nitrogen and oxygen atoms in total. The van der Waals surface area contributed by atoms with Crippen LogP contribution in [0.4, 0.5) is 0 Å². The maximum Gasteiger partial charge on any atom is 0.0141 e. The molecule has 1 heteroatoms. The van der Waals surface area contributed by atoms with Gasteiger partial charge in [-0.05, 0) is 50.4 Å². The summed E-state index contributed by atoms with van der Waals surface area (Å²) in [5.41, 5.74) is 0. The summed E-state index contributed by atoms with van der Waals surface area (Å²) in [4.78, 5) is 2.78. The van der Waals surface area contributed by atoms with Crippen LogP contribution in [0.25, 0.3) is 0 Å². The van der Waals surface area contributed by atoms with Crippen LogP contribution in [0.1, 0.15) is 39.5 Å². The van der Waals surface area contributed by atoms with Gasteiger partial charge in [-0.1, -0.05) is 6.92 Å². The highest BCUT2D eigenvalue weighted by Gasteiger charge is 2.51. The van der Waals surface area contributed by atoms with Crippen molar-refractivity contribution in [2.75, 3.05) is 6.54 Å². The summed E-state index contributed by atoms with van der Waals surface area (Å²) in [5, 5.41) is 0. The van der Waals surface area contributed by atoms with Gasteiger partial charge in [0.2, 0.25) is 0 Å². The molecule has 1 saturated heterocycles. The van der Waals surface area contributed by atoms with Crippen LogP contribution in [0.5, 0.6) is 0 Å². The second-order valence-electron chi connectivity index (χ2n) is 5.69. The minimum Gasteiger partial charge on any atom is -0.297 e. The van der Waals surface area contributed by atoms with E-state index in [9.17, 15) is 0 Å². The van der Waals surface area contributed by atoms with Gasteiger partial charge in [-0.15, -0.1) is 0 Å². The topological polar surface area (TPSA) is 3.24 Å². The molecular weight excluding hydrogens is 158 g/mol. The fourth-order valence-corrected chi connectivity index (χ4v) is 3.75. The minimum atomic E-state index is 0.926. The van der Waals surface area contributed by atoms with Crippen LogP contribution in [-0.4, -0.2) is 23.5 Å². The molecule has 0 amide bonds. The molecule has 2 saturated carbocycles. The third kappa shape index (κ3) is 1.09. The summed E-state index contributed by atoms with van der Waals surface area (Å²) in [6.07, 6.45) is 6.02. The number of nitrogens with zero attached hydrogens (tertiary/aromatic N) is 1. The molecule has 0 spiro atoms. The average molecular weight is 179 g/mol. The first-order chi connectivity index (χ1) is 6.25. The van der Waals surface area contributed by atoms with Crippen LogP contribution in [0.3, 0.4) is 0 Å². The van der Waals surface area contributed by atoms with Gasteiger partial charge >= 0.3 is 0 Å². The SMILES string of the molecule is CC1CC(CN2C(C)C3CCC32)C1. The molecule has 1 aliphatic heterocycles. The minimum absolute atomic E-state index is 0.926. The van der Waals surface area contributed by atoms with Crippen molar-refractivity contribution < 1.29 is 0 Å². The Morgan fingerprint density at radius 2 is 1.92 bits per heavy atom. The second-order valence-corrected chi connectivity index (χ2v) is 5.69. The molecule has 1 heterocycles. The van der Waals surface area contributed by atoms with Crippen molar-refractivity contribution in [3.8, 4) is 0 Å². The predicted molar refractivity (Wildman–Crippen MR) is 54.6 cm³/mol. The van der Waals surface area contributed by atoms with Gasteiger partial charge in [0, 0.05) is 18.6 Å². The maximum atomic E-state index is 2.78. The van der Waals surface area contributed by atoms with E-state index in [0.717, 1.165) is 29.8 Å². The van der Waals surface area contributed by atoms with E-state index >= 15 is 0 Å². The Morgan fingerprint density at radius 1 is 1.15 bits per heavy atom. The van der Waals surface area contributed by atoms with E-state index in [1.54, 1.807) is 0 Å². The fraction of sp³-hybridized carbons (Fsp3) is 1.00. The van der Waals surface area contributed by atoms with Crippen LogP contribution in [0.15, 0.2) is 0 Å². The van der Waals surface area contributed by atoms with E-state index in [2.05, 4.69) is 18.7 Å². The summed E-state index contributed by atoms with van der Waals surface area (Å²) in [6.45, 7) is 6.25. The molecule has 2 aliphatic carbocycles. The fourth-order valence-electron chi connectivity index (χ4n) is 3.75. The van der Waals surface area contributed by atoms with Gasteiger partial charge in [0.15, 0.2) is 0 Å². The van der Waals surface area contributed by atoms with Crippen molar-refractivity contribution in [1.82, 2.24) is 4.90 Å². The molecule has 13 heavy (non-hydrogen) atoms. The Bertz CT molecular complexity index is 201. The summed E-state index contributed by atoms with van der Waals surface area (Å²) < 4.78 is 0. The van der Waals surface area contributed by atoms with Crippen molar-refractivity contribution in [2.45, 2.75) is 51.6 Å². The monoisotopic (exact) mass is 179 g/mol. The number of fused-ring (bicyclic) bond motifs is 1. The standard InChI is InChI=1S/C12H21N/c1-8-5-10(6-8)7-13-9(2)11-3-4-12(11)13/h8-12H,3-7H2,1-2H3. The number of hydrogen-bond acceptors (Lipinski definition) is 1. The van der Waals surface area contributed by atoms with E-state index in [1.807, 2.05) is 0 Å². The zero-order valence-corrected chi connectivity index (χ0v) is 8.87. The first kappa shape index (κ1) is 8.28. The lowest BCUT2D eigenvalue weighted by molar-refractivity contribution is -0.126. The largest absolute Gasteiger partial charge is 0.297 e. The predicted octanol–water partition coefficient (Wildman–Crippen LogP) is 2.52. The highest BCUT2D eigenvalue weighted by atomic mass is 15.3. The van der Waals surface area contributed by atoms with Crippen molar-refractivity contribution in [3.05, 3.63) is 0 Å². The van der Waals surface area contributed by atoms with E-state index in [4.69, 9.17) is 0 Å². The highest BCUT2D eigenvalue weighted by Crippen LogP contribution is 2.48. The van der Waals surface area contributed by atoms with Crippen molar-refractivity contribution in [1.29, 1.82) is 0 Å². The molecule has 3 aliphatic rings. The summed E-state index contributed by atoms with van der Waals surface area (Å²) in [6, 6.07) is 1.94. The Morgan fingerprint density at radius 3 is 2.38 bits per heavy atom. The summed E-state index contributed by atoms with van der Waals surface area (Å²) >= 11 is 0. The van der Waals surface area contributed by atoms with Crippen molar-refractivity contribution >= 4 is 0 Å². The second kappa shape index (κ2) is 2.73. The summed E-state index contributed by atoms with van der Waals surface area (Å²) in [5.74, 6) is 3.18. The van der Waals surface area contributed by atoms with Crippen LogP contribution in [0.2, 0.25) is 0 Å². The Balaban J connectivity index is 1.51. The van der Waals surface area contributed by atoms with Gasteiger partial charge < -0.3 is 0 Å². The highest BCUT2D eigenvalue weighted by molar-refractivity contribution is 5.06. The molecule has 74 valence electrons. The number of hydrogen-bond donors (Lipinski definition) is 0. The first-order valence-corrected chi connectivity index (χ1v) is 6.01. The molecule has 3 rings (SSSR count). The molecule has 3 unspecified atom stereocenters. The molecule has 0 radical (unpaired) electrons. The molecule has 0 aromatic heterocycles. The zero-order chi connectivity index (χ0) is 9.00. The quantitative estimate of drug-likeness (QED) is 0.629. The Kier molecular flexibility index (Phi) is 1.74. The Labute approximate surface area is 81.5 Å². The van der Waals surface area contributed by atoms with E-state index in [0.29, 0.717) is 0 Å². The van der Waals surface area contributed by atoms with Gasteiger partial charge in [0.1, 0.15) is 0 Å². The van der Waals surface area contributed by atoms with Gasteiger partial charge in [-0.2, -0.15) is 0 Å². The average Bonchev–Trinajstić information content (AvgIpc) is 1.98.